The molecule has 0 aliphatic carbocycles. The van der Waals surface area contributed by atoms with Gasteiger partial charge in [-0.05, 0) is 43.4 Å². The average Bonchev–Trinajstić information content (AvgIpc) is 3.26. The lowest BCUT2D eigenvalue weighted by Crippen LogP contribution is -2.32. The number of carbonyl (C=O) groups excluding carboxylic acids is 1. The normalized spacial score (nSPS) is 17.1. The number of aromatic amines is 1. The van der Waals surface area contributed by atoms with Crippen LogP contribution in [0.5, 0.6) is 0 Å². The van der Waals surface area contributed by atoms with Crippen molar-refractivity contribution in [2.45, 2.75) is 39.2 Å². The van der Waals surface area contributed by atoms with Crippen molar-refractivity contribution in [3.63, 3.8) is 0 Å². The van der Waals surface area contributed by atoms with Crippen LogP contribution in [0.4, 0.5) is 5.95 Å². The Hall–Kier alpha value is -2.96. The summed E-state index contributed by atoms with van der Waals surface area (Å²) in [5, 5.41) is 0. The first kappa shape index (κ1) is 17.5. The minimum absolute atomic E-state index is 0.0744. The summed E-state index contributed by atoms with van der Waals surface area (Å²) in [7, 11) is 0. The van der Waals surface area contributed by atoms with E-state index in [1.807, 2.05) is 29.2 Å². The zero-order chi connectivity index (χ0) is 19.0. The lowest BCUT2D eigenvalue weighted by molar-refractivity contribution is 0.0724. The number of nitrogens with zero attached hydrogens (tertiary/aromatic N) is 4. The van der Waals surface area contributed by atoms with E-state index in [0.29, 0.717) is 18.2 Å². The molecular weight excluding hydrogens is 340 g/mol. The maximum atomic E-state index is 13.2. The molecule has 4 rings (SSSR count). The fraction of sp³-hybridized carbons (Fsp3) is 0.400. The number of hydrogen-bond acceptors (Lipinski definition) is 5. The molecule has 27 heavy (non-hydrogen) atoms. The van der Waals surface area contributed by atoms with E-state index in [1.165, 1.54) is 0 Å². The Bertz CT molecular complexity index is 947. The third-order valence-electron chi connectivity index (χ3n) is 4.87. The number of nitrogens with one attached hydrogen (secondary N) is 1. The highest BCUT2D eigenvalue weighted by molar-refractivity contribution is 5.93. The smallest absolute Gasteiger partial charge is 0.273 e. The number of benzene rings is 1. The van der Waals surface area contributed by atoms with Crippen molar-refractivity contribution in [2.75, 3.05) is 12.3 Å². The Balaban J connectivity index is 1.63. The van der Waals surface area contributed by atoms with Crippen LogP contribution < -0.4 is 5.73 Å². The molecule has 140 valence electrons. The number of nitrogens with two attached hydrogens (primary N) is 1. The van der Waals surface area contributed by atoms with Crippen LogP contribution in [0, 0.1) is 5.92 Å². The van der Waals surface area contributed by atoms with Gasteiger partial charge in [0.15, 0.2) is 0 Å². The van der Waals surface area contributed by atoms with Gasteiger partial charge in [0.05, 0.1) is 17.1 Å². The second-order valence-electron chi connectivity index (χ2n) is 7.50. The molecule has 2 aromatic heterocycles. The van der Waals surface area contributed by atoms with Crippen LogP contribution in [0.2, 0.25) is 0 Å². The molecule has 0 bridgehead atoms. The third-order valence-corrected chi connectivity index (χ3v) is 4.87. The number of nitrogen functional groups attached to an aromatic ring is 1. The first-order chi connectivity index (χ1) is 13.0. The molecule has 0 radical (unpaired) electrons. The summed E-state index contributed by atoms with van der Waals surface area (Å²) in [6, 6.07) is 9.60. The molecule has 7 nitrogen and oxygen atoms in total. The summed E-state index contributed by atoms with van der Waals surface area (Å²) in [4.78, 5) is 31.5. The van der Waals surface area contributed by atoms with E-state index in [0.717, 1.165) is 41.8 Å². The Morgan fingerprint density at radius 1 is 1.30 bits per heavy atom. The van der Waals surface area contributed by atoms with Gasteiger partial charge in [-0.2, -0.15) is 0 Å². The number of amides is 1. The molecule has 3 aromatic rings. The fourth-order valence-electron chi connectivity index (χ4n) is 3.72. The highest BCUT2D eigenvalue weighted by Crippen LogP contribution is 2.32. The number of aromatic nitrogens is 4. The molecule has 1 aromatic carbocycles. The maximum absolute atomic E-state index is 13.2. The van der Waals surface area contributed by atoms with E-state index in [2.05, 4.69) is 33.8 Å². The summed E-state index contributed by atoms with van der Waals surface area (Å²) in [6.45, 7) is 4.90. The van der Waals surface area contributed by atoms with E-state index in [9.17, 15) is 4.79 Å². The van der Waals surface area contributed by atoms with Crippen molar-refractivity contribution >= 4 is 22.9 Å². The fourth-order valence-corrected chi connectivity index (χ4v) is 3.72. The van der Waals surface area contributed by atoms with Gasteiger partial charge in [-0.3, -0.25) is 4.79 Å². The number of anilines is 1. The first-order valence-corrected chi connectivity index (χ1v) is 9.40. The van der Waals surface area contributed by atoms with Gasteiger partial charge < -0.3 is 15.6 Å². The molecule has 1 atom stereocenters. The molecule has 3 N–H and O–H groups in total. The number of hydrogen-bond donors (Lipinski definition) is 2. The van der Waals surface area contributed by atoms with E-state index in [-0.39, 0.29) is 17.9 Å². The lowest BCUT2D eigenvalue weighted by atomic mass is 10.1. The molecule has 0 spiro atoms. The van der Waals surface area contributed by atoms with Crippen LogP contribution in [-0.4, -0.2) is 37.3 Å². The van der Waals surface area contributed by atoms with Crippen molar-refractivity contribution in [3.8, 4) is 0 Å². The van der Waals surface area contributed by atoms with Gasteiger partial charge in [0, 0.05) is 12.2 Å². The third kappa shape index (κ3) is 3.49. The van der Waals surface area contributed by atoms with E-state index in [4.69, 9.17) is 5.73 Å². The van der Waals surface area contributed by atoms with Crippen LogP contribution in [0.25, 0.3) is 11.0 Å². The van der Waals surface area contributed by atoms with Crippen LogP contribution >= 0.6 is 0 Å². The summed E-state index contributed by atoms with van der Waals surface area (Å²) in [5.74, 6) is 1.29. The zero-order valence-electron chi connectivity index (χ0n) is 15.6. The number of carbonyl (C=O) groups is 1. The van der Waals surface area contributed by atoms with Gasteiger partial charge in [0.25, 0.3) is 5.91 Å². The Labute approximate surface area is 158 Å². The van der Waals surface area contributed by atoms with Crippen molar-refractivity contribution in [2.24, 2.45) is 5.92 Å². The predicted molar refractivity (Wildman–Crippen MR) is 104 cm³/mol. The predicted octanol–water partition coefficient (Wildman–Crippen LogP) is 3.11. The van der Waals surface area contributed by atoms with Crippen LogP contribution in [0.1, 0.15) is 54.7 Å². The second kappa shape index (κ2) is 6.98. The Kier molecular flexibility index (Phi) is 4.51. The van der Waals surface area contributed by atoms with E-state index in [1.54, 1.807) is 6.07 Å². The minimum Gasteiger partial charge on any atom is -0.368 e. The van der Waals surface area contributed by atoms with Gasteiger partial charge >= 0.3 is 0 Å². The highest BCUT2D eigenvalue weighted by Gasteiger charge is 2.33. The van der Waals surface area contributed by atoms with Gasteiger partial charge in [-0.1, -0.05) is 26.0 Å². The summed E-state index contributed by atoms with van der Waals surface area (Å²) < 4.78 is 0. The summed E-state index contributed by atoms with van der Waals surface area (Å²) >= 11 is 0. The minimum atomic E-state index is -0.114. The summed E-state index contributed by atoms with van der Waals surface area (Å²) in [6.07, 6.45) is 2.58. The van der Waals surface area contributed by atoms with Crippen molar-refractivity contribution in [3.05, 3.63) is 47.5 Å². The molecule has 7 heteroatoms. The van der Waals surface area contributed by atoms with Gasteiger partial charge in [-0.25, -0.2) is 15.0 Å². The van der Waals surface area contributed by atoms with Crippen molar-refractivity contribution < 1.29 is 4.79 Å². The summed E-state index contributed by atoms with van der Waals surface area (Å²) in [5.41, 5.74) is 8.92. The number of imidazole rings is 1. The zero-order valence-corrected chi connectivity index (χ0v) is 15.6. The van der Waals surface area contributed by atoms with E-state index >= 15 is 0 Å². The van der Waals surface area contributed by atoms with E-state index < -0.39 is 0 Å². The number of likely N-dealkylation sites (tertiary alicyclic amines) is 1. The molecular formula is C20H24N6O. The number of fused-ring (bicyclic) bond motifs is 1. The van der Waals surface area contributed by atoms with Crippen molar-refractivity contribution in [1.29, 1.82) is 0 Å². The first-order valence-electron chi connectivity index (χ1n) is 9.40. The standard InChI is InChI=1S/C20H24N6O/c1-12(2)10-13-11-16(25-20(21)22-13)19(27)26-9-5-8-17(26)18-23-14-6-3-4-7-15(14)24-18/h3-4,6-7,11-12,17H,5,8-10H2,1-2H3,(H,23,24)(H2,21,22,25)/t17-/m0/s1. The van der Waals surface area contributed by atoms with Gasteiger partial charge in [-0.15, -0.1) is 0 Å². The highest BCUT2D eigenvalue weighted by atomic mass is 16.2. The largest absolute Gasteiger partial charge is 0.368 e. The van der Waals surface area contributed by atoms with Gasteiger partial charge in [0.1, 0.15) is 11.5 Å². The molecule has 1 aliphatic rings. The topological polar surface area (TPSA) is 101 Å². The molecule has 1 amide bonds. The SMILES string of the molecule is CC(C)Cc1cc(C(=O)N2CCC[C@H]2c2nc3ccccc3[nH]2)nc(N)n1. The quantitative estimate of drug-likeness (QED) is 0.741. The molecule has 0 unspecified atom stereocenters. The maximum Gasteiger partial charge on any atom is 0.273 e. The second-order valence-corrected chi connectivity index (χ2v) is 7.50. The van der Waals surface area contributed by atoms with Crippen LogP contribution in [0.3, 0.4) is 0 Å². The van der Waals surface area contributed by atoms with Crippen LogP contribution in [-0.2, 0) is 6.42 Å². The average molecular weight is 364 g/mol. The van der Waals surface area contributed by atoms with Gasteiger partial charge in [0.2, 0.25) is 5.95 Å². The monoisotopic (exact) mass is 364 g/mol. The molecule has 0 saturated carbocycles. The Morgan fingerprint density at radius 3 is 2.89 bits per heavy atom. The molecule has 1 fully saturated rings. The Morgan fingerprint density at radius 2 is 2.11 bits per heavy atom. The van der Waals surface area contributed by atoms with Crippen LogP contribution in [0.15, 0.2) is 30.3 Å². The molecule has 3 heterocycles. The number of para-hydroxylation sites is 2. The number of rotatable bonds is 4. The lowest BCUT2D eigenvalue weighted by Gasteiger charge is -2.23. The molecule has 1 aliphatic heterocycles. The molecule has 1 saturated heterocycles. The number of H-pyrrole nitrogens is 1. The van der Waals surface area contributed by atoms with Crippen molar-refractivity contribution in [1.82, 2.24) is 24.8 Å².